The summed E-state index contributed by atoms with van der Waals surface area (Å²) in [6.07, 6.45) is 0.741. The number of nitrogens with one attached hydrogen (secondary N) is 2. The lowest BCUT2D eigenvalue weighted by atomic mass is 9.75. The minimum Gasteiger partial charge on any atom is -0.379 e. The van der Waals surface area contributed by atoms with Crippen molar-refractivity contribution in [3.8, 4) is 0 Å². The topological polar surface area (TPSA) is 118 Å². The highest BCUT2D eigenvalue weighted by molar-refractivity contribution is 6.10. The first-order valence-corrected chi connectivity index (χ1v) is 15.8. The number of carbonyl (C=O) groups excluding carboxylic acids is 2. The molecule has 3 aromatic rings. The molecule has 0 saturated carbocycles. The molecule has 0 bridgehead atoms. The van der Waals surface area contributed by atoms with E-state index in [1.807, 2.05) is 17.7 Å². The number of hydrogen-bond donors (Lipinski definition) is 2. The van der Waals surface area contributed by atoms with Crippen LogP contribution in [-0.4, -0.2) is 75.9 Å². The van der Waals surface area contributed by atoms with Crippen LogP contribution in [0.25, 0.3) is 0 Å². The molecule has 3 aliphatic rings. The van der Waals surface area contributed by atoms with Gasteiger partial charge < -0.3 is 19.9 Å². The average Bonchev–Trinajstić information content (AvgIpc) is 3.57. The molecule has 1 aromatic carbocycles. The Morgan fingerprint density at radius 1 is 1.21 bits per heavy atom. The van der Waals surface area contributed by atoms with Gasteiger partial charge in [0.25, 0.3) is 5.91 Å². The summed E-state index contributed by atoms with van der Waals surface area (Å²) in [5.41, 5.74) is -0.0291. The number of amides is 2. The third kappa shape index (κ3) is 6.89. The molecule has 6 rings (SSSR count). The lowest BCUT2D eigenvalue weighted by Gasteiger charge is -2.42. The summed E-state index contributed by atoms with van der Waals surface area (Å²) in [5.74, 6) is 0.997. The van der Waals surface area contributed by atoms with Crippen LogP contribution in [0.15, 0.2) is 43.2 Å². The molecule has 11 nitrogen and oxygen atoms in total. The standard InChI is InChI=1S/C33H39F3N8O3/c1-4-30(45)38-8-7-37-27-12-23(32(18-47-19-32)14-29-41-39-20-42(29)3)13-28(40-27)44-17-25-24(31(44)46)10-22(11-26(25)33(34,35)36)16-43-9-5-6-21(2)15-43/h4,10-13,20-21H,1,5-9,14-19H2,2-3H3,(H,37,40)(H,38,45). The maximum absolute atomic E-state index is 14.5. The van der Waals surface area contributed by atoms with Crippen molar-refractivity contribution >= 4 is 23.5 Å². The first-order valence-electron chi connectivity index (χ1n) is 15.8. The smallest absolute Gasteiger partial charge is 0.379 e. The molecular weight excluding hydrogens is 613 g/mol. The van der Waals surface area contributed by atoms with Crippen molar-refractivity contribution in [1.29, 1.82) is 0 Å². The highest BCUT2D eigenvalue weighted by Gasteiger charge is 2.44. The zero-order valence-corrected chi connectivity index (χ0v) is 26.6. The van der Waals surface area contributed by atoms with Gasteiger partial charge in [-0.1, -0.05) is 13.5 Å². The van der Waals surface area contributed by atoms with Gasteiger partial charge in [-0.25, -0.2) is 4.98 Å². The van der Waals surface area contributed by atoms with Gasteiger partial charge in [0.1, 0.15) is 23.8 Å². The van der Waals surface area contributed by atoms with Crippen LogP contribution in [0.2, 0.25) is 0 Å². The van der Waals surface area contributed by atoms with Crippen LogP contribution in [0, 0.1) is 5.92 Å². The lowest BCUT2D eigenvalue weighted by Crippen LogP contribution is -2.49. The Hall–Kier alpha value is -4.30. The van der Waals surface area contributed by atoms with E-state index in [1.165, 1.54) is 17.0 Å². The average molecular weight is 653 g/mol. The molecule has 2 aromatic heterocycles. The summed E-state index contributed by atoms with van der Waals surface area (Å²) in [6, 6.07) is 6.43. The number of pyridine rings is 1. The van der Waals surface area contributed by atoms with Gasteiger partial charge in [-0.2, -0.15) is 13.2 Å². The Morgan fingerprint density at radius 2 is 2.02 bits per heavy atom. The molecule has 0 spiro atoms. The fraction of sp³-hybridized carbons (Fsp3) is 0.485. The van der Waals surface area contributed by atoms with Gasteiger partial charge in [0, 0.05) is 50.6 Å². The van der Waals surface area contributed by atoms with E-state index < -0.39 is 23.1 Å². The molecule has 1 unspecified atom stereocenters. The molecule has 1 atom stereocenters. The maximum atomic E-state index is 14.5. The third-order valence-electron chi connectivity index (χ3n) is 9.23. The number of alkyl halides is 3. The summed E-state index contributed by atoms with van der Waals surface area (Å²) in [4.78, 5) is 33.8. The van der Waals surface area contributed by atoms with Crippen molar-refractivity contribution in [1.82, 2.24) is 30.0 Å². The number of rotatable bonds is 11. The second-order valence-electron chi connectivity index (χ2n) is 12.9. The van der Waals surface area contributed by atoms with E-state index in [1.54, 1.807) is 18.5 Å². The predicted octanol–water partition coefficient (Wildman–Crippen LogP) is 3.85. The molecule has 250 valence electrons. The molecule has 3 aliphatic heterocycles. The summed E-state index contributed by atoms with van der Waals surface area (Å²) >= 11 is 0. The fourth-order valence-electron chi connectivity index (χ4n) is 6.67. The Kier molecular flexibility index (Phi) is 9.07. The van der Waals surface area contributed by atoms with E-state index in [0.717, 1.165) is 37.3 Å². The zero-order chi connectivity index (χ0) is 33.3. The first-order chi connectivity index (χ1) is 22.5. The van der Waals surface area contributed by atoms with Crippen LogP contribution in [0.3, 0.4) is 0 Å². The Labute approximate surface area is 271 Å². The highest BCUT2D eigenvalue weighted by atomic mass is 19.4. The first kappa shape index (κ1) is 32.6. The van der Waals surface area contributed by atoms with Gasteiger partial charge in [-0.3, -0.25) is 19.4 Å². The molecular formula is C33H39F3N8O3. The minimum atomic E-state index is -4.63. The number of aryl methyl sites for hydroxylation is 1. The summed E-state index contributed by atoms with van der Waals surface area (Å²) in [6.45, 7) is 8.65. The van der Waals surface area contributed by atoms with Gasteiger partial charge in [-0.05, 0) is 72.3 Å². The number of nitrogens with zero attached hydrogens (tertiary/aromatic N) is 6. The fourth-order valence-corrected chi connectivity index (χ4v) is 6.67. The van der Waals surface area contributed by atoms with E-state index in [2.05, 4.69) is 44.2 Å². The van der Waals surface area contributed by atoms with Crippen molar-refractivity contribution < 1.29 is 27.5 Å². The molecule has 2 amide bonds. The number of ether oxygens (including phenoxy) is 1. The van der Waals surface area contributed by atoms with Gasteiger partial charge in [0.2, 0.25) is 5.91 Å². The Balaban J connectivity index is 1.34. The summed E-state index contributed by atoms with van der Waals surface area (Å²) in [5, 5.41) is 14.1. The summed E-state index contributed by atoms with van der Waals surface area (Å²) < 4.78 is 51.0. The van der Waals surface area contributed by atoms with Crippen molar-refractivity contribution in [3.63, 3.8) is 0 Å². The molecule has 2 N–H and O–H groups in total. The van der Waals surface area contributed by atoms with Gasteiger partial charge in [-0.15, -0.1) is 10.2 Å². The second-order valence-corrected chi connectivity index (χ2v) is 12.9. The van der Waals surface area contributed by atoms with Crippen LogP contribution in [0.4, 0.5) is 24.8 Å². The van der Waals surface area contributed by atoms with Crippen molar-refractivity contribution in [2.24, 2.45) is 13.0 Å². The quantitative estimate of drug-likeness (QED) is 0.237. The maximum Gasteiger partial charge on any atom is 0.416 e. The molecule has 0 aliphatic carbocycles. The second kappa shape index (κ2) is 13.1. The van der Waals surface area contributed by atoms with Crippen LogP contribution >= 0.6 is 0 Å². The van der Waals surface area contributed by atoms with Gasteiger partial charge in [0.15, 0.2) is 0 Å². The number of aromatic nitrogens is 4. The monoisotopic (exact) mass is 652 g/mol. The van der Waals surface area contributed by atoms with Crippen molar-refractivity contribution in [3.05, 3.63) is 76.9 Å². The SMILES string of the molecule is C=CC(=O)NCCNc1cc(C2(Cc3nncn3C)COC2)cc(N2Cc3c(cc(CN4CCCC(C)C4)cc3C(F)(F)F)C2=O)n1. The number of piperidine rings is 1. The van der Waals surface area contributed by atoms with Gasteiger partial charge in [0.05, 0.1) is 25.3 Å². The molecule has 14 heteroatoms. The van der Waals surface area contributed by atoms with E-state index in [0.29, 0.717) is 50.0 Å². The molecule has 0 radical (unpaired) electrons. The van der Waals surface area contributed by atoms with Crippen molar-refractivity contribution in [2.75, 3.05) is 49.6 Å². The van der Waals surface area contributed by atoms with Crippen LogP contribution in [0.1, 0.15) is 58.2 Å². The number of halogens is 3. The van der Waals surface area contributed by atoms with E-state index in [4.69, 9.17) is 4.74 Å². The molecule has 2 fully saturated rings. The van der Waals surface area contributed by atoms with Crippen LogP contribution in [0.5, 0.6) is 0 Å². The zero-order valence-electron chi connectivity index (χ0n) is 26.6. The largest absolute Gasteiger partial charge is 0.416 e. The van der Waals surface area contributed by atoms with E-state index in [9.17, 15) is 22.8 Å². The van der Waals surface area contributed by atoms with Crippen molar-refractivity contribution in [2.45, 2.75) is 50.9 Å². The number of likely N-dealkylation sites (tertiary alicyclic amines) is 1. The number of benzene rings is 1. The summed E-state index contributed by atoms with van der Waals surface area (Å²) in [7, 11) is 1.85. The number of hydrogen-bond acceptors (Lipinski definition) is 8. The predicted molar refractivity (Wildman–Crippen MR) is 169 cm³/mol. The molecule has 5 heterocycles. The number of fused-ring (bicyclic) bond motifs is 1. The van der Waals surface area contributed by atoms with Gasteiger partial charge >= 0.3 is 6.18 Å². The Morgan fingerprint density at radius 3 is 2.68 bits per heavy atom. The van der Waals surface area contributed by atoms with E-state index >= 15 is 0 Å². The number of carbonyl (C=O) groups is 2. The molecule has 47 heavy (non-hydrogen) atoms. The number of anilines is 2. The third-order valence-corrected chi connectivity index (χ3v) is 9.23. The minimum absolute atomic E-state index is 0.0483. The van der Waals surface area contributed by atoms with Crippen LogP contribution < -0.4 is 15.5 Å². The lowest BCUT2D eigenvalue weighted by molar-refractivity contribution is -0.138. The van der Waals surface area contributed by atoms with E-state index in [-0.39, 0.29) is 35.9 Å². The highest BCUT2D eigenvalue weighted by Crippen LogP contribution is 2.42. The Bertz CT molecular complexity index is 1670. The van der Waals surface area contributed by atoms with Crippen LogP contribution in [-0.2, 0) is 47.7 Å². The molecule has 2 saturated heterocycles. The normalized spacial score (nSPS) is 19.3.